The maximum Gasteiger partial charge on any atom is 0.274 e. The minimum absolute atomic E-state index is 0.0323. The molecule has 2 amide bonds. The Morgan fingerprint density at radius 3 is 2.35 bits per heavy atom. The van der Waals surface area contributed by atoms with Gasteiger partial charge in [0.15, 0.2) is 5.69 Å². The van der Waals surface area contributed by atoms with E-state index in [1.807, 2.05) is 0 Å². The first kappa shape index (κ1) is 17.1. The topological polar surface area (TPSA) is 81.3 Å². The number of fused-ring (bicyclic) bond motifs is 1. The summed E-state index contributed by atoms with van der Waals surface area (Å²) in [7, 11) is 0. The normalized spacial score (nSPS) is 17.1. The Morgan fingerprint density at radius 2 is 1.65 bits per heavy atom. The molecular weight excluding hydrogens is 354 g/mol. The minimum Gasteiger partial charge on any atom is -0.335 e. The third-order valence-electron chi connectivity index (χ3n) is 4.95. The molecule has 0 bridgehead atoms. The maximum atomic E-state index is 12.8. The summed E-state index contributed by atoms with van der Waals surface area (Å²) in [6.07, 6.45) is 0.860. The molecule has 0 saturated carbocycles. The molecule has 1 aromatic carbocycles. The highest BCUT2D eigenvalue weighted by molar-refractivity contribution is 6.30. The number of hydrogen-bond acceptors (Lipinski definition) is 4. The van der Waals surface area contributed by atoms with Crippen LogP contribution in [-0.4, -0.2) is 64.5 Å². The van der Waals surface area contributed by atoms with Gasteiger partial charge in [-0.05, 0) is 24.3 Å². The van der Waals surface area contributed by atoms with Crippen molar-refractivity contribution in [3.05, 3.63) is 51.8 Å². The van der Waals surface area contributed by atoms with Gasteiger partial charge in [0.05, 0.1) is 0 Å². The number of carbonyl (C=O) groups is 2. The molecule has 0 aliphatic carbocycles. The van der Waals surface area contributed by atoms with E-state index in [2.05, 4.69) is 15.5 Å². The lowest BCUT2D eigenvalue weighted by atomic mass is 10.1. The molecule has 2 aliphatic heterocycles. The highest BCUT2D eigenvalue weighted by Crippen LogP contribution is 2.18. The van der Waals surface area contributed by atoms with Gasteiger partial charge in [0, 0.05) is 67.5 Å². The number of rotatable bonds is 2. The first-order chi connectivity index (χ1) is 12.6. The van der Waals surface area contributed by atoms with Crippen molar-refractivity contribution in [3.63, 3.8) is 0 Å². The van der Waals surface area contributed by atoms with Crippen LogP contribution in [0.25, 0.3) is 0 Å². The van der Waals surface area contributed by atoms with Gasteiger partial charge < -0.3 is 15.1 Å². The average molecular weight is 374 g/mol. The van der Waals surface area contributed by atoms with Gasteiger partial charge in [-0.15, -0.1) is 0 Å². The first-order valence-electron chi connectivity index (χ1n) is 8.74. The van der Waals surface area contributed by atoms with Crippen LogP contribution in [0.5, 0.6) is 0 Å². The fourth-order valence-corrected chi connectivity index (χ4v) is 3.57. The van der Waals surface area contributed by atoms with Crippen LogP contribution in [0.2, 0.25) is 5.02 Å². The molecule has 1 fully saturated rings. The molecular formula is C18H20ClN5O2. The van der Waals surface area contributed by atoms with Crippen LogP contribution in [0.3, 0.4) is 0 Å². The summed E-state index contributed by atoms with van der Waals surface area (Å²) in [5.74, 6) is -0.0973. The molecule has 1 saturated heterocycles. The smallest absolute Gasteiger partial charge is 0.274 e. The Hall–Kier alpha value is -2.38. The van der Waals surface area contributed by atoms with Crippen molar-refractivity contribution < 1.29 is 9.59 Å². The quantitative estimate of drug-likeness (QED) is 0.831. The maximum absolute atomic E-state index is 12.8. The van der Waals surface area contributed by atoms with Crippen LogP contribution in [0.4, 0.5) is 0 Å². The number of nitrogens with one attached hydrogen (secondary N) is 2. The molecule has 0 unspecified atom stereocenters. The minimum atomic E-state index is -0.0650. The van der Waals surface area contributed by atoms with E-state index in [1.165, 1.54) is 0 Å². The third-order valence-corrected chi connectivity index (χ3v) is 5.21. The SMILES string of the molecule is O=C(c1ccc(Cl)cc1)N1CCN(C(=O)c2n[nH]c3c2CNCC3)CC1. The molecule has 2 N–H and O–H groups in total. The molecule has 0 spiro atoms. The van der Waals surface area contributed by atoms with Crippen molar-refractivity contribution in [2.75, 3.05) is 32.7 Å². The first-order valence-corrected chi connectivity index (χ1v) is 9.12. The van der Waals surface area contributed by atoms with E-state index in [0.29, 0.717) is 49.0 Å². The predicted molar refractivity (Wildman–Crippen MR) is 97.3 cm³/mol. The molecule has 8 heteroatoms. The number of hydrogen-bond donors (Lipinski definition) is 2. The van der Waals surface area contributed by atoms with Gasteiger partial charge in [-0.3, -0.25) is 14.7 Å². The zero-order chi connectivity index (χ0) is 18.1. The number of nitrogens with zero attached hydrogens (tertiary/aromatic N) is 3. The summed E-state index contributed by atoms with van der Waals surface area (Å²) in [6, 6.07) is 6.88. The molecule has 1 aromatic heterocycles. The van der Waals surface area contributed by atoms with E-state index in [4.69, 9.17) is 11.6 Å². The van der Waals surface area contributed by atoms with E-state index in [0.717, 1.165) is 24.2 Å². The lowest BCUT2D eigenvalue weighted by Gasteiger charge is -2.34. The predicted octanol–water partition coefficient (Wildman–Crippen LogP) is 1.31. The zero-order valence-electron chi connectivity index (χ0n) is 14.3. The van der Waals surface area contributed by atoms with Crippen molar-refractivity contribution in [1.82, 2.24) is 25.3 Å². The van der Waals surface area contributed by atoms with Gasteiger partial charge in [-0.25, -0.2) is 0 Å². The van der Waals surface area contributed by atoms with Crippen molar-refractivity contribution in [2.24, 2.45) is 0 Å². The van der Waals surface area contributed by atoms with Crippen molar-refractivity contribution in [2.45, 2.75) is 13.0 Å². The second kappa shape index (κ2) is 7.09. The highest BCUT2D eigenvalue weighted by atomic mass is 35.5. The fourth-order valence-electron chi connectivity index (χ4n) is 3.44. The van der Waals surface area contributed by atoms with Gasteiger partial charge in [-0.2, -0.15) is 5.10 Å². The van der Waals surface area contributed by atoms with Gasteiger partial charge >= 0.3 is 0 Å². The number of H-pyrrole nitrogens is 1. The van der Waals surface area contributed by atoms with Crippen LogP contribution in [0, 0.1) is 0 Å². The van der Waals surface area contributed by atoms with E-state index in [9.17, 15) is 9.59 Å². The lowest BCUT2D eigenvalue weighted by Crippen LogP contribution is -2.50. The van der Waals surface area contributed by atoms with Crippen molar-refractivity contribution in [3.8, 4) is 0 Å². The number of halogens is 1. The standard InChI is InChI=1S/C18H20ClN5O2/c19-13-3-1-12(2-4-13)17(25)23-7-9-24(10-8-23)18(26)16-14-11-20-6-5-15(14)21-22-16/h1-4,20H,5-11H2,(H,21,22). The zero-order valence-corrected chi connectivity index (χ0v) is 15.1. The Labute approximate surface area is 156 Å². The number of aromatic nitrogens is 2. The summed E-state index contributed by atoms with van der Waals surface area (Å²) < 4.78 is 0. The largest absolute Gasteiger partial charge is 0.335 e. The van der Waals surface area contributed by atoms with Crippen molar-refractivity contribution in [1.29, 1.82) is 0 Å². The van der Waals surface area contributed by atoms with Gasteiger partial charge in [0.1, 0.15) is 0 Å². The summed E-state index contributed by atoms with van der Waals surface area (Å²) in [4.78, 5) is 28.9. The number of aromatic amines is 1. The number of piperazine rings is 1. The number of amides is 2. The molecule has 4 rings (SSSR count). The van der Waals surface area contributed by atoms with E-state index in [1.54, 1.807) is 34.1 Å². The molecule has 7 nitrogen and oxygen atoms in total. The van der Waals surface area contributed by atoms with Gasteiger partial charge in [0.25, 0.3) is 11.8 Å². The van der Waals surface area contributed by atoms with Crippen LogP contribution >= 0.6 is 11.6 Å². The summed E-state index contributed by atoms with van der Waals surface area (Å²) in [5, 5.41) is 11.1. The Morgan fingerprint density at radius 1 is 1.00 bits per heavy atom. The van der Waals surface area contributed by atoms with Crippen LogP contribution in [0.1, 0.15) is 32.1 Å². The molecule has 2 aromatic rings. The van der Waals surface area contributed by atoms with E-state index in [-0.39, 0.29) is 11.8 Å². The van der Waals surface area contributed by atoms with Gasteiger partial charge in [-0.1, -0.05) is 11.6 Å². The number of carbonyl (C=O) groups excluding carboxylic acids is 2. The third kappa shape index (κ3) is 3.20. The molecule has 2 aliphatic rings. The Balaban J connectivity index is 1.40. The Kier molecular flexibility index (Phi) is 4.65. The van der Waals surface area contributed by atoms with E-state index < -0.39 is 0 Å². The average Bonchev–Trinajstić information content (AvgIpc) is 3.12. The van der Waals surface area contributed by atoms with Crippen LogP contribution in [-0.2, 0) is 13.0 Å². The summed E-state index contributed by atoms with van der Waals surface area (Å²) >= 11 is 5.87. The lowest BCUT2D eigenvalue weighted by molar-refractivity contribution is 0.0531. The van der Waals surface area contributed by atoms with Gasteiger partial charge in [0.2, 0.25) is 0 Å². The monoisotopic (exact) mass is 373 g/mol. The van der Waals surface area contributed by atoms with Crippen LogP contribution < -0.4 is 5.32 Å². The second-order valence-corrected chi connectivity index (χ2v) is 6.98. The summed E-state index contributed by atoms with van der Waals surface area (Å²) in [6.45, 7) is 3.60. The Bertz CT molecular complexity index is 825. The highest BCUT2D eigenvalue weighted by Gasteiger charge is 2.29. The fraction of sp³-hybridized carbons (Fsp3) is 0.389. The molecule has 3 heterocycles. The van der Waals surface area contributed by atoms with E-state index >= 15 is 0 Å². The van der Waals surface area contributed by atoms with Crippen LogP contribution in [0.15, 0.2) is 24.3 Å². The molecule has 136 valence electrons. The second-order valence-electron chi connectivity index (χ2n) is 6.55. The number of benzene rings is 1. The molecule has 0 radical (unpaired) electrons. The molecule has 26 heavy (non-hydrogen) atoms. The van der Waals surface area contributed by atoms with Crippen molar-refractivity contribution >= 4 is 23.4 Å². The molecule has 0 atom stereocenters. The summed E-state index contributed by atoms with van der Waals surface area (Å²) in [5.41, 5.74) is 3.14.